The molecule has 2 amide bonds. The van der Waals surface area contributed by atoms with Crippen molar-refractivity contribution in [3.63, 3.8) is 0 Å². The number of fused-ring (bicyclic) bond motifs is 1. The largest absolute Gasteiger partial charge is 0.462 e. The summed E-state index contributed by atoms with van der Waals surface area (Å²) in [6.07, 6.45) is 2.54. The van der Waals surface area contributed by atoms with Crippen LogP contribution >= 0.6 is 11.8 Å². The van der Waals surface area contributed by atoms with Crippen molar-refractivity contribution in [2.24, 2.45) is 0 Å². The van der Waals surface area contributed by atoms with E-state index in [0.717, 1.165) is 10.5 Å². The molecule has 0 N–H and O–H groups in total. The summed E-state index contributed by atoms with van der Waals surface area (Å²) in [4.78, 5) is 38.2. The Hall–Kier alpha value is -3.37. The lowest BCUT2D eigenvalue weighted by Gasteiger charge is -2.13. The van der Waals surface area contributed by atoms with Crippen LogP contribution in [-0.4, -0.2) is 47.1 Å². The second-order valence-electron chi connectivity index (χ2n) is 8.02. The maximum atomic E-state index is 13.3. The molecule has 2 heterocycles. The highest BCUT2D eigenvalue weighted by Crippen LogP contribution is 2.35. The van der Waals surface area contributed by atoms with Crippen LogP contribution in [0.4, 0.5) is 4.79 Å². The molecule has 0 spiro atoms. The third kappa shape index (κ3) is 4.51. The van der Waals surface area contributed by atoms with Crippen molar-refractivity contribution in [2.75, 3.05) is 6.54 Å². The molecule has 34 heavy (non-hydrogen) atoms. The molecule has 2 aromatic carbocycles. The van der Waals surface area contributed by atoms with Gasteiger partial charge in [0.25, 0.3) is 21.2 Å². The first-order valence-corrected chi connectivity index (χ1v) is 12.7. The summed E-state index contributed by atoms with van der Waals surface area (Å²) in [5, 5.41) is 0.0113. The molecule has 1 fully saturated rings. The highest BCUT2D eigenvalue weighted by molar-refractivity contribution is 8.18. The molecule has 0 bridgehead atoms. The van der Waals surface area contributed by atoms with Crippen molar-refractivity contribution in [2.45, 2.75) is 31.8 Å². The van der Waals surface area contributed by atoms with Gasteiger partial charge in [0.05, 0.1) is 21.4 Å². The molecule has 0 radical (unpaired) electrons. The minimum Gasteiger partial charge on any atom is -0.462 e. The Morgan fingerprint density at radius 2 is 1.76 bits per heavy atom. The van der Waals surface area contributed by atoms with E-state index in [1.807, 2.05) is 6.92 Å². The number of para-hydroxylation sites is 1. The van der Waals surface area contributed by atoms with Gasteiger partial charge in [-0.25, -0.2) is 12.4 Å². The normalized spacial score (nSPS) is 15.6. The fraction of sp³-hybridized carbons (Fsp3) is 0.208. The summed E-state index contributed by atoms with van der Waals surface area (Å²) in [5.41, 5.74) is 1.83. The minimum atomic E-state index is -3.90. The van der Waals surface area contributed by atoms with Gasteiger partial charge in [-0.1, -0.05) is 35.9 Å². The fourth-order valence-electron chi connectivity index (χ4n) is 3.52. The van der Waals surface area contributed by atoms with E-state index in [1.54, 1.807) is 62.4 Å². The minimum absolute atomic E-state index is 0.0954. The van der Waals surface area contributed by atoms with Crippen molar-refractivity contribution in [1.29, 1.82) is 0 Å². The molecule has 1 aromatic heterocycles. The molecule has 1 saturated heterocycles. The van der Waals surface area contributed by atoms with Gasteiger partial charge in [0.15, 0.2) is 0 Å². The molecule has 0 unspecified atom stereocenters. The third-order valence-corrected chi connectivity index (χ3v) is 7.70. The highest BCUT2D eigenvalue weighted by atomic mass is 32.2. The molecule has 1 aliphatic heterocycles. The monoisotopic (exact) mass is 498 g/mol. The van der Waals surface area contributed by atoms with Crippen LogP contribution in [0.3, 0.4) is 0 Å². The number of carbonyl (C=O) groups is 3. The fourth-order valence-corrected chi connectivity index (χ4v) is 5.73. The van der Waals surface area contributed by atoms with Crippen LogP contribution in [0, 0.1) is 6.92 Å². The molecule has 8 nitrogen and oxygen atoms in total. The zero-order chi connectivity index (χ0) is 24.6. The first-order chi connectivity index (χ1) is 16.1. The Morgan fingerprint density at radius 1 is 1.09 bits per heavy atom. The molecule has 176 valence electrons. The number of ether oxygens (including phenoxy) is 1. The van der Waals surface area contributed by atoms with Gasteiger partial charge in [0.2, 0.25) is 0 Å². The Bertz CT molecular complexity index is 1440. The van der Waals surface area contributed by atoms with Gasteiger partial charge >= 0.3 is 5.97 Å². The SMILES string of the molecule is Cc1ccc(S(=O)(=O)n2cc(/C=C3\SC(=O)N(CC(=O)OC(C)C)C3=O)c3ccccc32)cc1. The third-order valence-electron chi connectivity index (χ3n) is 5.10. The number of imide groups is 1. The van der Waals surface area contributed by atoms with Gasteiger partial charge in [-0.3, -0.25) is 19.3 Å². The Kier molecular flexibility index (Phi) is 6.37. The number of carbonyl (C=O) groups excluding carboxylic acids is 3. The van der Waals surface area contributed by atoms with Gasteiger partial charge in [-0.15, -0.1) is 0 Å². The summed E-state index contributed by atoms with van der Waals surface area (Å²) >= 11 is 0.693. The number of aryl methyl sites for hydroxylation is 1. The number of esters is 1. The predicted molar refractivity (Wildman–Crippen MR) is 130 cm³/mol. The van der Waals surface area contributed by atoms with Crippen LogP contribution in [0.2, 0.25) is 0 Å². The Morgan fingerprint density at radius 3 is 2.44 bits per heavy atom. The van der Waals surface area contributed by atoms with E-state index in [4.69, 9.17) is 4.74 Å². The molecule has 0 atom stereocenters. The van der Waals surface area contributed by atoms with Crippen LogP contribution in [0.5, 0.6) is 0 Å². The van der Waals surface area contributed by atoms with Crippen molar-refractivity contribution in [1.82, 2.24) is 8.87 Å². The van der Waals surface area contributed by atoms with E-state index < -0.39 is 33.7 Å². The highest BCUT2D eigenvalue weighted by Gasteiger charge is 2.37. The van der Waals surface area contributed by atoms with Crippen molar-refractivity contribution >= 4 is 55.9 Å². The van der Waals surface area contributed by atoms with Gasteiger partial charge in [-0.05, 0) is 56.8 Å². The van der Waals surface area contributed by atoms with E-state index in [9.17, 15) is 22.8 Å². The van der Waals surface area contributed by atoms with Crippen LogP contribution in [0.1, 0.15) is 25.0 Å². The number of hydrogen-bond donors (Lipinski definition) is 0. The van der Waals surface area contributed by atoms with E-state index in [0.29, 0.717) is 28.2 Å². The van der Waals surface area contributed by atoms with Crippen molar-refractivity contribution in [3.05, 3.63) is 70.8 Å². The Labute approximate surface area is 201 Å². The molecule has 10 heteroatoms. The van der Waals surface area contributed by atoms with E-state index in [2.05, 4.69) is 0 Å². The standard InChI is InChI=1S/C24H22N2O6S2/c1-15(2)32-22(27)14-25-23(28)21(33-24(25)29)12-17-13-26(20-7-5-4-6-19(17)20)34(30,31)18-10-8-16(3)9-11-18/h4-13,15H,14H2,1-3H3/b21-12-. The maximum absolute atomic E-state index is 13.3. The molecule has 3 aromatic rings. The lowest BCUT2D eigenvalue weighted by molar-refractivity contribution is -0.149. The summed E-state index contributed by atoms with van der Waals surface area (Å²) in [7, 11) is -3.90. The van der Waals surface area contributed by atoms with E-state index in [1.165, 1.54) is 16.2 Å². The summed E-state index contributed by atoms with van der Waals surface area (Å²) < 4.78 is 32.9. The summed E-state index contributed by atoms with van der Waals surface area (Å²) in [6.45, 7) is 4.73. The zero-order valence-electron chi connectivity index (χ0n) is 18.7. The number of aromatic nitrogens is 1. The maximum Gasteiger partial charge on any atom is 0.326 e. The molecular weight excluding hydrogens is 476 g/mol. The first kappa shape index (κ1) is 23.8. The lowest BCUT2D eigenvalue weighted by atomic mass is 10.1. The van der Waals surface area contributed by atoms with Crippen LogP contribution in [-0.2, 0) is 24.3 Å². The number of rotatable bonds is 6. The topological polar surface area (TPSA) is 103 Å². The van der Waals surface area contributed by atoms with Gasteiger partial charge < -0.3 is 4.74 Å². The second-order valence-corrected chi connectivity index (χ2v) is 10.8. The number of benzene rings is 2. The number of amides is 2. The number of hydrogen-bond acceptors (Lipinski definition) is 7. The molecule has 0 saturated carbocycles. The van der Waals surface area contributed by atoms with Gasteiger partial charge in [-0.2, -0.15) is 0 Å². The molecule has 4 rings (SSSR count). The van der Waals surface area contributed by atoms with Crippen LogP contribution < -0.4 is 0 Å². The smallest absolute Gasteiger partial charge is 0.326 e. The van der Waals surface area contributed by atoms with Gasteiger partial charge in [0, 0.05) is 17.1 Å². The van der Waals surface area contributed by atoms with Crippen molar-refractivity contribution in [3.8, 4) is 0 Å². The molecule has 1 aliphatic rings. The quantitative estimate of drug-likeness (QED) is 0.371. The average molecular weight is 499 g/mol. The van der Waals surface area contributed by atoms with E-state index >= 15 is 0 Å². The van der Waals surface area contributed by atoms with Crippen LogP contribution in [0.25, 0.3) is 17.0 Å². The number of thioether (sulfide) groups is 1. The summed E-state index contributed by atoms with van der Waals surface area (Å²) in [6, 6.07) is 13.4. The molecule has 0 aliphatic carbocycles. The summed E-state index contributed by atoms with van der Waals surface area (Å²) in [5.74, 6) is -1.31. The zero-order valence-corrected chi connectivity index (χ0v) is 20.4. The molecular formula is C24H22N2O6S2. The lowest BCUT2D eigenvalue weighted by Crippen LogP contribution is -2.35. The predicted octanol–water partition coefficient (Wildman–Crippen LogP) is 4.17. The average Bonchev–Trinajstić information content (AvgIpc) is 3.27. The Balaban J connectivity index is 1.72. The first-order valence-electron chi connectivity index (χ1n) is 10.4. The second kappa shape index (κ2) is 9.11. The van der Waals surface area contributed by atoms with E-state index in [-0.39, 0.29) is 15.9 Å². The van der Waals surface area contributed by atoms with Crippen molar-refractivity contribution < 1.29 is 27.5 Å². The van der Waals surface area contributed by atoms with Gasteiger partial charge in [0.1, 0.15) is 6.54 Å². The number of nitrogens with zero attached hydrogens (tertiary/aromatic N) is 2. The van der Waals surface area contributed by atoms with Crippen LogP contribution in [0.15, 0.2) is 64.5 Å².